The number of amides is 1. The molecule has 0 fully saturated rings. The molecule has 1 amide bonds. The summed E-state index contributed by atoms with van der Waals surface area (Å²) in [6.45, 7) is 0. The van der Waals surface area contributed by atoms with Crippen molar-refractivity contribution in [1.29, 1.82) is 0 Å². The van der Waals surface area contributed by atoms with E-state index in [2.05, 4.69) is 4.98 Å². The van der Waals surface area contributed by atoms with Gasteiger partial charge >= 0.3 is 0 Å². The summed E-state index contributed by atoms with van der Waals surface area (Å²) < 4.78 is 45.5. The average Bonchev–Trinajstić information content (AvgIpc) is 2.14. The van der Waals surface area contributed by atoms with Crippen LogP contribution in [-0.2, 0) is 19.7 Å². The number of nitrogens with two attached hydrogens (primary N) is 1. The average molecular weight is 278 g/mol. The molecule has 2 N–H and O–H groups in total. The Kier molecular flexibility index (Phi) is 3.26. The van der Waals surface area contributed by atoms with Gasteiger partial charge in [-0.25, -0.2) is 21.8 Å². The minimum atomic E-state index is -3.82. The van der Waals surface area contributed by atoms with Crippen molar-refractivity contribution in [3.63, 3.8) is 0 Å². The molecule has 94 valence electrons. The molecule has 0 saturated heterocycles. The first kappa shape index (κ1) is 13.6. The number of hydrogen-bond acceptors (Lipinski definition) is 6. The first-order valence-corrected chi connectivity index (χ1v) is 8.01. The van der Waals surface area contributed by atoms with Gasteiger partial charge in [0.1, 0.15) is 4.90 Å². The van der Waals surface area contributed by atoms with Gasteiger partial charge in [-0.2, -0.15) is 0 Å². The molecule has 1 aromatic heterocycles. The maximum atomic E-state index is 11.4. The zero-order valence-electron chi connectivity index (χ0n) is 9.04. The maximum absolute atomic E-state index is 11.4. The van der Waals surface area contributed by atoms with Gasteiger partial charge in [-0.15, -0.1) is 0 Å². The normalized spacial score (nSPS) is 12.4. The Labute approximate surface area is 98.5 Å². The fraction of sp³-hybridized carbons (Fsp3) is 0.250. The van der Waals surface area contributed by atoms with Crippen LogP contribution in [-0.4, -0.2) is 40.2 Å². The molecule has 17 heavy (non-hydrogen) atoms. The molecule has 0 atom stereocenters. The zero-order chi connectivity index (χ0) is 13.4. The Bertz CT molecular complexity index is 676. The number of pyridine rings is 1. The molecule has 0 aliphatic rings. The third kappa shape index (κ3) is 3.01. The molecular formula is C8H10N2O5S2. The van der Waals surface area contributed by atoms with Crippen molar-refractivity contribution >= 4 is 25.6 Å². The standard InChI is InChI=1S/C8H10N2O5S2/c1-16(12,13)6-3-5(7(9)11)4-10-8(6)17(2,14)15/h3-4H,1-2H3,(H2,9,11). The number of primary amides is 1. The lowest BCUT2D eigenvalue weighted by Gasteiger charge is -2.06. The summed E-state index contributed by atoms with van der Waals surface area (Å²) in [5.41, 5.74) is 4.79. The summed E-state index contributed by atoms with van der Waals surface area (Å²) in [5.74, 6) is -0.887. The molecule has 7 nitrogen and oxygen atoms in total. The minimum absolute atomic E-state index is 0.169. The monoisotopic (exact) mass is 278 g/mol. The van der Waals surface area contributed by atoms with Crippen LogP contribution in [0.25, 0.3) is 0 Å². The van der Waals surface area contributed by atoms with E-state index < -0.39 is 35.5 Å². The van der Waals surface area contributed by atoms with Crippen molar-refractivity contribution in [1.82, 2.24) is 4.98 Å². The van der Waals surface area contributed by atoms with Crippen molar-refractivity contribution in [3.8, 4) is 0 Å². The highest BCUT2D eigenvalue weighted by atomic mass is 32.2. The predicted molar refractivity (Wildman–Crippen MR) is 59.0 cm³/mol. The third-order valence-corrected chi connectivity index (χ3v) is 4.12. The van der Waals surface area contributed by atoms with E-state index in [0.29, 0.717) is 0 Å². The molecule has 0 spiro atoms. The Morgan fingerprint density at radius 1 is 1.18 bits per heavy atom. The number of nitrogens with zero attached hydrogens (tertiary/aromatic N) is 1. The van der Waals surface area contributed by atoms with Gasteiger partial charge in [-0.05, 0) is 6.07 Å². The Balaban J connectivity index is 3.73. The van der Waals surface area contributed by atoms with E-state index in [-0.39, 0.29) is 5.56 Å². The summed E-state index contributed by atoms with van der Waals surface area (Å²) in [6, 6.07) is 0.904. The molecule has 1 rings (SSSR count). The molecule has 0 aromatic carbocycles. The number of carbonyl (C=O) groups is 1. The number of rotatable bonds is 3. The van der Waals surface area contributed by atoms with Crippen LogP contribution in [0, 0.1) is 0 Å². The van der Waals surface area contributed by atoms with Crippen LogP contribution in [0.4, 0.5) is 0 Å². The summed E-state index contributed by atoms with van der Waals surface area (Å²) in [6.07, 6.45) is 2.57. The van der Waals surface area contributed by atoms with Crippen molar-refractivity contribution in [2.24, 2.45) is 5.73 Å². The van der Waals surface area contributed by atoms with Crippen molar-refractivity contribution in [3.05, 3.63) is 17.8 Å². The van der Waals surface area contributed by atoms with Crippen molar-refractivity contribution in [2.75, 3.05) is 12.5 Å². The first-order chi connectivity index (χ1) is 7.53. The van der Waals surface area contributed by atoms with E-state index in [1.54, 1.807) is 0 Å². The highest BCUT2D eigenvalue weighted by Crippen LogP contribution is 2.19. The summed E-state index contributed by atoms with van der Waals surface area (Å²) in [5, 5.41) is -0.593. The van der Waals surface area contributed by atoms with E-state index in [1.807, 2.05) is 0 Å². The Morgan fingerprint density at radius 3 is 2.06 bits per heavy atom. The molecule has 0 aliphatic heterocycles. The van der Waals surface area contributed by atoms with Gasteiger partial charge in [0.15, 0.2) is 24.7 Å². The van der Waals surface area contributed by atoms with Crippen LogP contribution in [0.3, 0.4) is 0 Å². The van der Waals surface area contributed by atoms with Crippen molar-refractivity contribution in [2.45, 2.75) is 9.92 Å². The van der Waals surface area contributed by atoms with Crippen LogP contribution in [0.5, 0.6) is 0 Å². The van der Waals surface area contributed by atoms with Gasteiger partial charge in [0.05, 0.1) is 5.56 Å². The lowest BCUT2D eigenvalue weighted by Crippen LogP contribution is -2.16. The molecule has 0 aliphatic carbocycles. The smallest absolute Gasteiger partial charge is 0.250 e. The number of carbonyl (C=O) groups excluding carboxylic acids is 1. The van der Waals surface area contributed by atoms with E-state index in [1.165, 1.54) is 0 Å². The highest BCUT2D eigenvalue weighted by molar-refractivity contribution is 7.93. The Hall–Kier alpha value is -1.48. The van der Waals surface area contributed by atoms with Crippen LogP contribution in [0.15, 0.2) is 22.2 Å². The van der Waals surface area contributed by atoms with Gasteiger partial charge in [0.25, 0.3) is 0 Å². The van der Waals surface area contributed by atoms with Gasteiger partial charge in [-0.3, -0.25) is 4.79 Å². The van der Waals surface area contributed by atoms with E-state index in [0.717, 1.165) is 24.8 Å². The van der Waals surface area contributed by atoms with Crippen LogP contribution in [0.2, 0.25) is 0 Å². The second-order valence-electron chi connectivity index (χ2n) is 3.44. The molecule has 0 saturated carbocycles. The van der Waals surface area contributed by atoms with Gasteiger partial charge in [0, 0.05) is 18.7 Å². The number of hydrogen-bond donors (Lipinski definition) is 1. The van der Waals surface area contributed by atoms with Gasteiger partial charge < -0.3 is 5.73 Å². The maximum Gasteiger partial charge on any atom is 0.250 e. The second kappa shape index (κ2) is 4.08. The Morgan fingerprint density at radius 2 is 1.71 bits per heavy atom. The third-order valence-electron chi connectivity index (χ3n) is 1.85. The summed E-state index contributed by atoms with van der Waals surface area (Å²) >= 11 is 0. The minimum Gasteiger partial charge on any atom is -0.366 e. The fourth-order valence-corrected chi connectivity index (χ4v) is 3.40. The predicted octanol–water partition coefficient (Wildman–Crippen LogP) is -1.01. The van der Waals surface area contributed by atoms with Crippen LogP contribution < -0.4 is 5.73 Å². The molecule has 0 radical (unpaired) electrons. The number of sulfone groups is 2. The summed E-state index contributed by atoms with van der Waals surface area (Å²) in [7, 11) is -7.62. The first-order valence-electron chi connectivity index (χ1n) is 4.23. The SMILES string of the molecule is CS(=O)(=O)c1cc(C(N)=O)cnc1S(C)(=O)=O. The van der Waals surface area contributed by atoms with Gasteiger partial charge in [0.2, 0.25) is 5.91 Å². The fourth-order valence-electron chi connectivity index (χ4n) is 1.11. The van der Waals surface area contributed by atoms with Gasteiger partial charge in [-0.1, -0.05) is 0 Å². The molecule has 9 heteroatoms. The molecular weight excluding hydrogens is 268 g/mol. The van der Waals surface area contributed by atoms with Crippen LogP contribution in [0.1, 0.15) is 10.4 Å². The van der Waals surface area contributed by atoms with Crippen molar-refractivity contribution < 1.29 is 21.6 Å². The zero-order valence-corrected chi connectivity index (χ0v) is 10.7. The number of aromatic nitrogens is 1. The molecule has 1 aromatic rings. The molecule has 0 bridgehead atoms. The topological polar surface area (TPSA) is 124 Å². The summed E-state index contributed by atoms with van der Waals surface area (Å²) in [4.78, 5) is 13.8. The largest absolute Gasteiger partial charge is 0.366 e. The lowest BCUT2D eigenvalue weighted by atomic mass is 10.3. The van der Waals surface area contributed by atoms with E-state index >= 15 is 0 Å². The van der Waals surface area contributed by atoms with E-state index in [9.17, 15) is 21.6 Å². The van der Waals surface area contributed by atoms with E-state index in [4.69, 9.17) is 5.73 Å². The van der Waals surface area contributed by atoms with Crippen LogP contribution >= 0.6 is 0 Å². The molecule has 0 unspecified atom stereocenters. The second-order valence-corrected chi connectivity index (χ2v) is 7.35. The quantitative estimate of drug-likeness (QED) is 0.755. The lowest BCUT2D eigenvalue weighted by molar-refractivity contribution is 0.0999. The highest BCUT2D eigenvalue weighted by Gasteiger charge is 2.23. The molecule has 1 heterocycles.